The van der Waals surface area contributed by atoms with Gasteiger partial charge in [-0.1, -0.05) is 152 Å². The third-order valence-electron chi connectivity index (χ3n) is 8.18. The van der Waals surface area contributed by atoms with Gasteiger partial charge in [-0.25, -0.2) is 0 Å². The molecule has 0 heterocycles. The summed E-state index contributed by atoms with van der Waals surface area (Å²) in [6, 6.07) is 56.1. The van der Waals surface area contributed by atoms with Crippen LogP contribution in [0.15, 0.2) is 158 Å². The first-order valence-electron chi connectivity index (χ1n) is 14.4. The minimum atomic E-state index is 0.779. The molecule has 1 aliphatic rings. The van der Waals surface area contributed by atoms with Gasteiger partial charge in [-0.3, -0.25) is 0 Å². The summed E-state index contributed by atoms with van der Waals surface area (Å²) < 4.78 is 0. The Kier molecular flexibility index (Phi) is 6.62. The van der Waals surface area contributed by atoms with Crippen LogP contribution < -0.4 is 5.73 Å². The van der Waals surface area contributed by atoms with E-state index >= 15 is 0 Å². The van der Waals surface area contributed by atoms with Crippen molar-refractivity contribution in [3.63, 3.8) is 0 Å². The third-order valence-corrected chi connectivity index (χ3v) is 8.18. The molecule has 0 radical (unpaired) electrons. The molecular formula is C41H31N. The van der Waals surface area contributed by atoms with Crippen LogP contribution in [0.3, 0.4) is 0 Å². The number of benzene rings is 6. The van der Waals surface area contributed by atoms with Gasteiger partial charge in [0.25, 0.3) is 0 Å². The molecule has 0 spiro atoms. The van der Waals surface area contributed by atoms with Gasteiger partial charge in [-0.05, 0) is 79.8 Å². The number of anilines is 1. The minimum absolute atomic E-state index is 0.779. The first kappa shape index (κ1) is 25.6. The molecule has 0 aromatic heterocycles. The molecule has 7 rings (SSSR count). The normalized spacial score (nSPS) is 13.6. The van der Waals surface area contributed by atoms with Crippen LogP contribution in [-0.2, 0) is 0 Å². The van der Waals surface area contributed by atoms with Crippen molar-refractivity contribution in [3.05, 3.63) is 197 Å². The maximum absolute atomic E-state index is 6.65. The van der Waals surface area contributed by atoms with Gasteiger partial charge in [0.15, 0.2) is 0 Å². The predicted molar refractivity (Wildman–Crippen MR) is 179 cm³/mol. The summed E-state index contributed by atoms with van der Waals surface area (Å²) in [5.74, 6) is 0. The van der Waals surface area contributed by atoms with Crippen molar-refractivity contribution in [2.45, 2.75) is 6.92 Å². The van der Waals surface area contributed by atoms with Crippen molar-refractivity contribution in [2.24, 2.45) is 0 Å². The van der Waals surface area contributed by atoms with E-state index in [-0.39, 0.29) is 0 Å². The Balaban J connectivity index is 1.69. The van der Waals surface area contributed by atoms with Crippen molar-refractivity contribution in [1.29, 1.82) is 0 Å². The molecule has 1 heteroatoms. The lowest BCUT2D eigenvalue weighted by atomic mass is 9.81. The lowest BCUT2D eigenvalue weighted by Crippen LogP contribution is -2.01. The van der Waals surface area contributed by atoms with Crippen molar-refractivity contribution < 1.29 is 0 Å². The van der Waals surface area contributed by atoms with E-state index in [1.165, 1.54) is 66.8 Å². The molecule has 0 fully saturated rings. The van der Waals surface area contributed by atoms with Crippen LogP contribution in [0.1, 0.15) is 38.9 Å². The Morgan fingerprint density at radius 2 is 0.976 bits per heavy atom. The second-order valence-corrected chi connectivity index (χ2v) is 10.7. The summed E-state index contributed by atoms with van der Waals surface area (Å²) in [6.45, 7) is 2.19. The van der Waals surface area contributed by atoms with E-state index in [0.29, 0.717) is 0 Å². The monoisotopic (exact) mass is 537 g/mol. The van der Waals surface area contributed by atoms with Crippen LogP contribution in [0.4, 0.5) is 5.69 Å². The number of aryl methyl sites for hydroxylation is 1. The van der Waals surface area contributed by atoms with Gasteiger partial charge in [0, 0.05) is 11.3 Å². The Morgan fingerprint density at radius 1 is 0.452 bits per heavy atom. The molecule has 6 aromatic rings. The summed E-state index contributed by atoms with van der Waals surface area (Å²) in [4.78, 5) is 0. The van der Waals surface area contributed by atoms with E-state index in [0.717, 1.165) is 11.3 Å². The van der Waals surface area contributed by atoms with Gasteiger partial charge in [0.1, 0.15) is 0 Å². The lowest BCUT2D eigenvalue weighted by molar-refractivity contribution is 1.42. The fourth-order valence-corrected chi connectivity index (χ4v) is 6.37. The summed E-state index contributed by atoms with van der Waals surface area (Å²) >= 11 is 0. The quantitative estimate of drug-likeness (QED) is 0.218. The summed E-state index contributed by atoms with van der Waals surface area (Å²) in [7, 11) is 0. The molecule has 0 bridgehead atoms. The Hall–Kier alpha value is -5.40. The number of nitrogen functional groups attached to an aromatic ring is 1. The second-order valence-electron chi connectivity index (χ2n) is 10.7. The van der Waals surface area contributed by atoms with Crippen LogP contribution in [0.5, 0.6) is 0 Å². The van der Waals surface area contributed by atoms with Crippen LogP contribution in [0, 0.1) is 6.92 Å². The smallest absolute Gasteiger partial charge is 0.0394 e. The molecule has 200 valence electrons. The average molecular weight is 538 g/mol. The zero-order valence-electron chi connectivity index (χ0n) is 23.6. The van der Waals surface area contributed by atoms with Gasteiger partial charge in [-0.2, -0.15) is 0 Å². The number of hydrogen-bond donors (Lipinski definition) is 1. The fourth-order valence-electron chi connectivity index (χ4n) is 6.37. The highest BCUT2D eigenvalue weighted by Crippen LogP contribution is 2.54. The highest BCUT2D eigenvalue weighted by Gasteiger charge is 2.32. The van der Waals surface area contributed by atoms with Crippen molar-refractivity contribution in [1.82, 2.24) is 0 Å². The second kappa shape index (κ2) is 10.9. The van der Waals surface area contributed by atoms with Crippen molar-refractivity contribution in [3.8, 4) is 11.1 Å². The van der Waals surface area contributed by atoms with E-state index in [9.17, 15) is 0 Å². The summed E-state index contributed by atoms with van der Waals surface area (Å²) in [5.41, 5.74) is 23.0. The fraction of sp³-hybridized carbons (Fsp3) is 0.0244. The number of rotatable bonds is 5. The molecule has 0 amide bonds. The molecule has 6 aromatic carbocycles. The predicted octanol–water partition coefficient (Wildman–Crippen LogP) is 10.2. The summed E-state index contributed by atoms with van der Waals surface area (Å²) in [5, 5.41) is 0. The van der Waals surface area contributed by atoms with E-state index in [1.54, 1.807) is 0 Å². The maximum Gasteiger partial charge on any atom is 0.0394 e. The van der Waals surface area contributed by atoms with E-state index < -0.39 is 0 Å². The SMILES string of the molecule is Cc1cccc(/C(=C2\C(c3ccccc3)=C(c3ccccc3)c3ccccc32)c2ccccc2)c1-c1ccccc1N. The van der Waals surface area contributed by atoms with Gasteiger partial charge in [-0.15, -0.1) is 0 Å². The van der Waals surface area contributed by atoms with Gasteiger partial charge < -0.3 is 5.73 Å². The Bertz CT molecular complexity index is 1960. The Labute approximate surface area is 247 Å². The molecule has 0 saturated heterocycles. The molecule has 2 N–H and O–H groups in total. The zero-order valence-corrected chi connectivity index (χ0v) is 23.6. The van der Waals surface area contributed by atoms with Crippen molar-refractivity contribution >= 4 is 28.0 Å². The number of para-hydroxylation sites is 1. The first-order chi connectivity index (χ1) is 20.7. The standard InChI is InChI=1S/C41H31N/c1-28-16-15-26-35(37(28)34-25-13-14-27-36(34)42)39(30-19-7-3-8-20-30)41-33-24-12-11-23-32(33)38(29-17-5-2-6-18-29)40(41)31-21-9-4-10-22-31/h2-27H,42H2,1H3/b41-39-. The van der Waals surface area contributed by atoms with E-state index in [2.05, 4.69) is 153 Å². The van der Waals surface area contributed by atoms with Crippen LogP contribution in [-0.4, -0.2) is 0 Å². The van der Waals surface area contributed by atoms with Gasteiger partial charge >= 0.3 is 0 Å². The van der Waals surface area contributed by atoms with E-state index in [4.69, 9.17) is 5.73 Å². The molecule has 1 nitrogen and oxygen atoms in total. The number of nitrogens with two attached hydrogens (primary N) is 1. The lowest BCUT2D eigenvalue weighted by Gasteiger charge is -2.22. The maximum atomic E-state index is 6.65. The van der Waals surface area contributed by atoms with Gasteiger partial charge in [0.05, 0.1) is 0 Å². The minimum Gasteiger partial charge on any atom is -0.398 e. The highest BCUT2D eigenvalue weighted by atomic mass is 14.6. The molecule has 1 aliphatic carbocycles. The van der Waals surface area contributed by atoms with Crippen LogP contribution in [0.2, 0.25) is 0 Å². The largest absolute Gasteiger partial charge is 0.398 e. The highest BCUT2D eigenvalue weighted by molar-refractivity contribution is 6.31. The average Bonchev–Trinajstić information content (AvgIpc) is 3.38. The third kappa shape index (κ3) is 4.36. The van der Waals surface area contributed by atoms with Gasteiger partial charge in [0.2, 0.25) is 0 Å². The Morgan fingerprint density at radius 3 is 1.62 bits per heavy atom. The van der Waals surface area contributed by atoms with Crippen LogP contribution in [0.25, 0.3) is 33.4 Å². The van der Waals surface area contributed by atoms with Crippen LogP contribution >= 0.6 is 0 Å². The number of hydrogen-bond acceptors (Lipinski definition) is 1. The zero-order chi connectivity index (χ0) is 28.5. The first-order valence-corrected chi connectivity index (χ1v) is 14.4. The number of allylic oxidation sites excluding steroid dienone is 2. The van der Waals surface area contributed by atoms with Crippen molar-refractivity contribution in [2.75, 3.05) is 5.73 Å². The molecule has 42 heavy (non-hydrogen) atoms. The number of fused-ring (bicyclic) bond motifs is 1. The van der Waals surface area contributed by atoms with E-state index in [1.807, 2.05) is 12.1 Å². The summed E-state index contributed by atoms with van der Waals surface area (Å²) in [6.07, 6.45) is 0. The molecular weight excluding hydrogens is 506 g/mol. The molecule has 0 saturated carbocycles. The molecule has 0 unspecified atom stereocenters. The molecule has 0 atom stereocenters. The molecule has 0 aliphatic heterocycles. The topological polar surface area (TPSA) is 26.0 Å².